The highest BCUT2D eigenvalue weighted by molar-refractivity contribution is 5.92. The monoisotopic (exact) mass is 412 g/mol. The Balaban J connectivity index is 0.000000370. The molecule has 0 bridgehead atoms. The summed E-state index contributed by atoms with van der Waals surface area (Å²) in [5.74, 6) is -1.76. The number of nitrogens with zero attached hydrogens (tertiary/aromatic N) is 4. The fourth-order valence-electron chi connectivity index (χ4n) is 2.80. The van der Waals surface area contributed by atoms with E-state index in [1.54, 1.807) is 25.2 Å². The third-order valence-electron chi connectivity index (χ3n) is 4.34. The number of hydrogen-bond donors (Lipinski definition) is 1. The molecule has 0 spiro atoms. The maximum atomic E-state index is 12.1. The molecule has 1 aromatic carbocycles. The van der Waals surface area contributed by atoms with Crippen molar-refractivity contribution in [2.75, 3.05) is 20.6 Å². The summed E-state index contributed by atoms with van der Waals surface area (Å²) in [5.41, 5.74) is 3.29. The van der Waals surface area contributed by atoms with Crippen molar-refractivity contribution in [3.63, 3.8) is 0 Å². The number of carbonyl (C=O) groups is 2. The van der Waals surface area contributed by atoms with Gasteiger partial charge in [-0.2, -0.15) is 13.2 Å². The second-order valence-electron chi connectivity index (χ2n) is 6.91. The number of carboxylic acids is 1. The average molecular weight is 412 g/mol. The van der Waals surface area contributed by atoms with Crippen LogP contribution < -0.4 is 0 Å². The number of carboxylic acid groups (broad SMARTS) is 1. The Kier molecular flexibility index (Phi) is 7.02. The number of benzene rings is 1. The van der Waals surface area contributed by atoms with Crippen LogP contribution in [-0.2, 0) is 24.4 Å². The Hall–Kier alpha value is -2.88. The Morgan fingerprint density at radius 3 is 2.28 bits per heavy atom. The van der Waals surface area contributed by atoms with E-state index < -0.39 is 12.1 Å². The van der Waals surface area contributed by atoms with Crippen molar-refractivity contribution in [1.29, 1.82) is 0 Å². The highest BCUT2D eigenvalue weighted by atomic mass is 19.4. The van der Waals surface area contributed by atoms with Gasteiger partial charge in [0.05, 0.1) is 12.7 Å². The van der Waals surface area contributed by atoms with Crippen molar-refractivity contribution < 1.29 is 27.9 Å². The third-order valence-corrected chi connectivity index (χ3v) is 4.34. The molecule has 0 fully saturated rings. The van der Waals surface area contributed by atoms with Crippen LogP contribution in [0, 0.1) is 6.92 Å². The standard InChI is InChI=1S/C17H22N4O.C2HF3O2/c1-13-4-6-14(7-5-13)11-20-8-9-21-15(17(22)19(2)3)10-18-16(21)12-20;3-2(4,5)1(6)7/h4-7,10H,8-9,11-12H2,1-3H3;(H,6,7). The minimum absolute atomic E-state index is 0.0192. The van der Waals surface area contributed by atoms with Gasteiger partial charge in [0.15, 0.2) is 0 Å². The van der Waals surface area contributed by atoms with Crippen LogP contribution in [0.3, 0.4) is 0 Å². The highest BCUT2D eigenvalue weighted by Crippen LogP contribution is 2.18. The summed E-state index contributed by atoms with van der Waals surface area (Å²) < 4.78 is 33.8. The van der Waals surface area contributed by atoms with Crippen LogP contribution in [0.5, 0.6) is 0 Å². The lowest BCUT2D eigenvalue weighted by atomic mass is 10.1. The zero-order valence-electron chi connectivity index (χ0n) is 16.4. The number of aromatic nitrogens is 2. The van der Waals surface area contributed by atoms with Crippen LogP contribution in [0.4, 0.5) is 13.2 Å². The predicted octanol–water partition coefficient (Wildman–Crippen LogP) is 2.54. The van der Waals surface area contributed by atoms with E-state index in [1.807, 2.05) is 4.57 Å². The number of fused-ring (bicyclic) bond motifs is 1. The molecule has 3 rings (SSSR count). The SMILES string of the molecule is Cc1ccc(CN2CCn3c(C(=O)N(C)C)cnc3C2)cc1.O=C(O)C(F)(F)F. The lowest BCUT2D eigenvalue weighted by Crippen LogP contribution is -2.35. The summed E-state index contributed by atoms with van der Waals surface area (Å²) in [6, 6.07) is 8.65. The minimum Gasteiger partial charge on any atom is -0.475 e. The molecule has 0 saturated heterocycles. The number of rotatable bonds is 3. The van der Waals surface area contributed by atoms with Gasteiger partial charge in [0, 0.05) is 33.7 Å². The quantitative estimate of drug-likeness (QED) is 0.838. The number of amides is 1. The molecule has 2 aromatic rings. The van der Waals surface area contributed by atoms with Gasteiger partial charge >= 0.3 is 12.1 Å². The maximum absolute atomic E-state index is 12.1. The number of aliphatic carboxylic acids is 1. The van der Waals surface area contributed by atoms with Gasteiger partial charge in [0.2, 0.25) is 0 Å². The Labute approximate surface area is 166 Å². The molecule has 10 heteroatoms. The fraction of sp³-hybridized carbons (Fsp3) is 0.421. The molecule has 1 aromatic heterocycles. The van der Waals surface area contributed by atoms with Gasteiger partial charge in [-0.15, -0.1) is 0 Å². The van der Waals surface area contributed by atoms with Crippen LogP contribution in [0.2, 0.25) is 0 Å². The Bertz CT molecular complexity index is 861. The summed E-state index contributed by atoms with van der Waals surface area (Å²) in [6.07, 6.45) is -3.38. The van der Waals surface area contributed by atoms with Crippen LogP contribution in [0.1, 0.15) is 27.4 Å². The van der Waals surface area contributed by atoms with Crippen LogP contribution in [-0.4, -0.2) is 63.2 Å². The second kappa shape index (κ2) is 9.08. The molecule has 0 aliphatic carbocycles. The van der Waals surface area contributed by atoms with Crippen molar-refractivity contribution in [2.24, 2.45) is 0 Å². The van der Waals surface area contributed by atoms with Crippen LogP contribution in [0.15, 0.2) is 30.5 Å². The van der Waals surface area contributed by atoms with Gasteiger partial charge in [-0.05, 0) is 12.5 Å². The molecular formula is C19H23F3N4O3. The zero-order valence-corrected chi connectivity index (χ0v) is 16.4. The predicted molar refractivity (Wildman–Crippen MR) is 99.2 cm³/mol. The van der Waals surface area contributed by atoms with Crippen molar-refractivity contribution >= 4 is 11.9 Å². The molecule has 1 amide bonds. The van der Waals surface area contributed by atoms with E-state index in [2.05, 4.69) is 41.1 Å². The number of carbonyl (C=O) groups excluding carboxylic acids is 1. The normalized spacial score (nSPS) is 13.9. The summed E-state index contributed by atoms with van der Waals surface area (Å²) in [6.45, 7) is 5.56. The Morgan fingerprint density at radius 1 is 1.17 bits per heavy atom. The van der Waals surface area contributed by atoms with E-state index in [-0.39, 0.29) is 5.91 Å². The van der Waals surface area contributed by atoms with E-state index >= 15 is 0 Å². The van der Waals surface area contributed by atoms with Gasteiger partial charge in [-0.3, -0.25) is 9.69 Å². The molecule has 1 aliphatic rings. The molecule has 0 atom stereocenters. The fourth-order valence-corrected chi connectivity index (χ4v) is 2.80. The topological polar surface area (TPSA) is 78.7 Å². The van der Waals surface area contributed by atoms with Gasteiger partial charge in [0.25, 0.3) is 5.91 Å². The number of hydrogen-bond acceptors (Lipinski definition) is 4. The maximum Gasteiger partial charge on any atom is 0.490 e. The van der Waals surface area contributed by atoms with Crippen LogP contribution >= 0.6 is 0 Å². The molecule has 0 radical (unpaired) electrons. The van der Waals surface area contributed by atoms with Gasteiger partial charge in [-0.25, -0.2) is 9.78 Å². The lowest BCUT2D eigenvalue weighted by molar-refractivity contribution is -0.192. The van der Waals surface area contributed by atoms with E-state index in [9.17, 15) is 18.0 Å². The van der Waals surface area contributed by atoms with Crippen molar-refractivity contribution in [3.05, 3.63) is 53.1 Å². The first-order chi connectivity index (χ1) is 13.5. The number of alkyl halides is 3. The van der Waals surface area contributed by atoms with E-state index in [4.69, 9.17) is 9.90 Å². The number of aryl methyl sites for hydroxylation is 1. The smallest absolute Gasteiger partial charge is 0.475 e. The second-order valence-corrected chi connectivity index (χ2v) is 6.91. The first-order valence-corrected chi connectivity index (χ1v) is 8.83. The van der Waals surface area contributed by atoms with Crippen molar-refractivity contribution in [2.45, 2.75) is 32.7 Å². The molecule has 0 unspecified atom stereocenters. The first kappa shape index (κ1) is 22.4. The van der Waals surface area contributed by atoms with Gasteiger partial charge in [0.1, 0.15) is 11.5 Å². The summed E-state index contributed by atoms with van der Waals surface area (Å²) >= 11 is 0. The first-order valence-electron chi connectivity index (χ1n) is 8.83. The molecule has 2 heterocycles. The van der Waals surface area contributed by atoms with E-state index in [1.165, 1.54) is 11.1 Å². The summed E-state index contributed by atoms with van der Waals surface area (Å²) in [7, 11) is 3.55. The number of imidazole rings is 1. The highest BCUT2D eigenvalue weighted by Gasteiger charge is 2.38. The molecule has 1 N–H and O–H groups in total. The van der Waals surface area contributed by atoms with Crippen LogP contribution in [0.25, 0.3) is 0 Å². The molecule has 0 saturated carbocycles. The molecule has 7 nitrogen and oxygen atoms in total. The average Bonchev–Trinajstić information content (AvgIpc) is 3.05. The van der Waals surface area contributed by atoms with Crippen molar-refractivity contribution in [1.82, 2.24) is 19.4 Å². The third kappa shape index (κ3) is 6.05. The van der Waals surface area contributed by atoms with E-state index in [0.717, 1.165) is 32.0 Å². The Morgan fingerprint density at radius 2 is 1.76 bits per heavy atom. The summed E-state index contributed by atoms with van der Waals surface area (Å²) in [5, 5.41) is 7.12. The van der Waals surface area contributed by atoms with E-state index in [0.29, 0.717) is 5.69 Å². The summed E-state index contributed by atoms with van der Waals surface area (Å²) in [4.78, 5) is 29.4. The largest absolute Gasteiger partial charge is 0.490 e. The molecule has 158 valence electrons. The molecular weight excluding hydrogens is 389 g/mol. The van der Waals surface area contributed by atoms with Crippen molar-refractivity contribution in [3.8, 4) is 0 Å². The zero-order chi connectivity index (χ0) is 21.8. The number of halogens is 3. The lowest BCUT2D eigenvalue weighted by Gasteiger charge is -2.28. The van der Waals surface area contributed by atoms with Gasteiger partial charge in [-0.1, -0.05) is 29.8 Å². The minimum atomic E-state index is -5.08. The molecule has 1 aliphatic heterocycles. The van der Waals surface area contributed by atoms with Gasteiger partial charge < -0.3 is 14.6 Å². The molecule has 29 heavy (non-hydrogen) atoms.